The molecular formula is C16H16Cl2N6S. The van der Waals surface area contributed by atoms with Gasteiger partial charge in [0.25, 0.3) is 0 Å². The number of nitrogens with one attached hydrogen (secondary N) is 2. The molecule has 1 aliphatic heterocycles. The molecule has 2 N–H and O–H groups in total. The maximum atomic E-state index is 8.09. The fourth-order valence-electron chi connectivity index (χ4n) is 3.04. The number of imidazole rings is 1. The highest BCUT2D eigenvalue weighted by atomic mass is 35.5. The van der Waals surface area contributed by atoms with Gasteiger partial charge >= 0.3 is 0 Å². The number of hydrogen-bond acceptors (Lipinski definition) is 5. The first-order chi connectivity index (χ1) is 12.1. The van der Waals surface area contributed by atoms with E-state index in [1.54, 1.807) is 18.7 Å². The zero-order chi connectivity index (χ0) is 17.4. The molecule has 4 heterocycles. The van der Waals surface area contributed by atoms with Crippen LogP contribution in [0.5, 0.6) is 0 Å². The van der Waals surface area contributed by atoms with Gasteiger partial charge in [0.1, 0.15) is 11.3 Å². The van der Waals surface area contributed by atoms with Gasteiger partial charge in [-0.15, -0.1) is 0 Å². The summed E-state index contributed by atoms with van der Waals surface area (Å²) in [5.74, 6) is 3.65. The number of fused-ring (bicyclic) bond motifs is 1. The van der Waals surface area contributed by atoms with Gasteiger partial charge in [-0.25, -0.2) is 9.97 Å². The van der Waals surface area contributed by atoms with E-state index in [-0.39, 0.29) is 5.49 Å². The third-order valence-corrected chi connectivity index (χ3v) is 6.13. The van der Waals surface area contributed by atoms with Crippen molar-refractivity contribution in [3.8, 4) is 0 Å². The first kappa shape index (κ1) is 16.9. The van der Waals surface area contributed by atoms with Crippen LogP contribution in [0.3, 0.4) is 0 Å². The number of H-pyrrole nitrogens is 1. The van der Waals surface area contributed by atoms with E-state index in [9.17, 15) is 0 Å². The molecule has 0 bridgehead atoms. The zero-order valence-corrected chi connectivity index (χ0v) is 15.6. The molecule has 130 valence electrons. The highest BCUT2D eigenvalue weighted by Crippen LogP contribution is 2.31. The van der Waals surface area contributed by atoms with E-state index in [1.165, 1.54) is 0 Å². The summed E-state index contributed by atoms with van der Waals surface area (Å²) in [5, 5.41) is 9.10. The van der Waals surface area contributed by atoms with E-state index in [0.29, 0.717) is 33.7 Å². The Balaban J connectivity index is 1.78. The second-order valence-corrected chi connectivity index (χ2v) is 8.05. The summed E-state index contributed by atoms with van der Waals surface area (Å²) in [6.45, 7) is 0.425. The van der Waals surface area contributed by atoms with Crippen LogP contribution in [0, 0.1) is 5.41 Å². The summed E-state index contributed by atoms with van der Waals surface area (Å²) >= 11 is 14.5. The number of aromatic amines is 1. The van der Waals surface area contributed by atoms with Gasteiger partial charge in [0.2, 0.25) is 0 Å². The van der Waals surface area contributed by atoms with Crippen molar-refractivity contribution in [3.63, 3.8) is 0 Å². The van der Waals surface area contributed by atoms with Crippen molar-refractivity contribution < 1.29 is 0 Å². The summed E-state index contributed by atoms with van der Waals surface area (Å²) in [5.41, 5.74) is 2.32. The predicted molar refractivity (Wildman–Crippen MR) is 100 cm³/mol. The molecule has 0 aliphatic carbocycles. The fourth-order valence-corrected chi connectivity index (χ4v) is 4.63. The highest BCUT2D eigenvalue weighted by Gasteiger charge is 2.21. The van der Waals surface area contributed by atoms with E-state index in [2.05, 4.69) is 15.0 Å². The van der Waals surface area contributed by atoms with Crippen molar-refractivity contribution in [3.05, 3.63) is 45.6 Å². The normalized spacial score (nSPS) is 15.8. The monoisotopic (exact) mass is 394 g/mol. The molecule has 0 atom stereocenters. The number of aromatic nitrogens is 5. The quantitative estimate of drug-likeness (QED) is 0.710. The van der Waals surface area contributed by atoms with E-state index in [1.807, 2.05) is 16.3 Å². The van der Waals surface area contributed by atoms with Crippen LogP contribution in [0.15, 0.2) is 18.7 Å². The smallest absolute Gasteiger partial charge is 0.173 e. The minimum atomic E-state index is 0.196. The molecular weight excluding hydrogens is 379 g/mol. The summed E-state index contributed by atoms with van der Waals surface area (Å²) < 4.78 is 1.87. The lowest BCUT2D eigenvalue weighted by molar-refractivity contribution is 0.606. The molecule has 0 amide bonds. The average Bonchev–Trinajstić information content (AvgIpc) is 3.07. The maximum absolute atomic E-state index is 8.09. The molecule has 1 aliphatic rings. The lowest BCUT2D eigenvalue weighted by atomic mass is 10.0. The van der Waals surface area contributed by atoms with Crippen LogP contribution in [0.1, 0.15) is 30.1 Å². The molecule has 0 unspecified atom stereocenters. The van der Waals surface area contributed by atoms with Crippen LogP contribution in [-0.2, 0) is 6.54 Å². The van der Waals surface area contributed by atoms with Crippen molar-refractivity contribution >= 4 is 46.1 Å². The molecule has 1 saturated heterocycles. The Labute approximate surface area is 158 Å². The van der Waals surface area contributed by atoms with Gasteiger partial charge in [-0.05, 0) is 24.3 Å². The molecule has 3 aromatic heterocycles. The third kappa shape index (κ3) is 3.28. The van der Waals surface area contributed by atoms with Crippen LogP contribution in [0.4, 0.5) is 0 Å². The van der Waals surface area contributed by atoms with Gasteiger partial charge in [-0.3, -0.25) is 10.4 Å². The van der Waals surface area contributed by atoms with E-state index >= 15 is 0 Å². The second-order valence-electron chi connectivity index (χ2n) is 6.01. The first-order valence-electron chi connectivity index (χ1n) is 7.98. The van der Waals surface area contributed by atoms with Gasteiger partial charge in [0.05, 0.1) is 22.9 Å². The van der Waals surface area contributed by atoms with Crippen molar-refractivity contribution in [2.24, 2.45) is 0 Å². The number of thioether (sulfide) groups is 1. The third-order valence-electron chi connectivity index (χ3n) is 4.43. The molecule has 0 aromatic carbocycles. The SMILES string of the molecule is N=c1ncn(Cc2c(Cl)cncc2Cl)c2nc(C3CCSCC3)[nH]c12. The fraction of sp³-hybridized carbons (Fsp3) is 0.375. The van der Waals surface area contributed by atoms with Crippen LogP contribution in [0.25, 0.3) is 11.2 Å². The Morgan fingerprint density at radius 1 is 1.24 bits per heavy atom. The minimum absolute atomic E-state index is 0.196. The Bertz CT molecular complexity index is 956. The van der Waals surface area contributed by atoms with Gasteiger partial charge in [0, 0.05) is 23.9 Å². The van der Waals surface area contributed by atoms with Crippen molar-refractivity contribution in [1.82, 2.24) is 24.5 Å². The number of pyridine rings is 1. The summed E-state index contributed by atoms with van der Waals surface area (Å²) in [7, 11) is 0. The summed E-state index contributed by atoms with van der Waals surface area (Å²) in [6.07, 6.45) is 6.96. The van der Waals surface area contributed by atoms with Gasteiger partial charge in [-0.2, -0.15) is 11.8 Å². The number of nitrogens with zero attached hydrogens (tertiary/aromatic N) is 4. The van der Waals surface area contributed by atoms with Crippen LogP contribution >= 0.6 is 35.0 Å². The largest absolute Gasteiger partial charge is 0.337 e. The molecule has 0 saturated carbocycles. The molecule has 4 rings (SSSR count). The van der Waals surface area contributed by atoms with Crippen molar-refractivity contribution in [1.29, 1.82) is 5.41 Å². The average molecular weight is 395 g/mol. The molecule has 25 heavy (non-hydrogen) atoms. The van der Waals surface area contributed by atoms with Crippen LogP contribution in [-0.4, -0.2) is 36.0 Å². The molecule has 9 heteroatoms. The Hall–Kier alpha value is -1.57. The first-order valence-corrected chi connectivity index (χ1v) is 9.90. The summed E-state index contributed by atoms with van der Waals surface area (Å²) in [6, 6.07) is 0. The number of rotatable bonds is 3. The molecule has 1 fully saturated rings. The van der Waals surface area contributed by atoms with Gasteiger partial charge in [-0.1, -0.05) is 23.2 Å². The Morgan fingerprint density at radius 3 is 2.68 bits per heavy atom. The van der Waals surface area contributed by atoms with E-state index in [0.717, 1.165) is 35.7 Å². The van der Waals surface area contributed by atoms with Crippen molar-refractivity contribution in [2.45, 2.75) is 25.3 Å². The predicted octanol–water partition coefficient (Wildman–Crippen LogP) is 3.60. The van der Waals surface area contributed by atoms with E-state index < -0.39 is 0 Å². The van der Waals surface area contributed by atoms with Crippen LogP contribution in [0.2, 0.25) is 10.0 Å². The number of halogens is 2. The number of hydrogen-bond donors (Lipinski definition) is 2. The lowest BCUT2D eigenvalue weighted by Crippen LogP contribution is -2.13. The van der Waals surface area contributed by atoms with E-state index in [4.69, 9.17) is 33.6 Å². The molecule has 0 spiro atoms. The summed E-state index contributed by atoms with van der Waals surface area (Å²) in [4.78, 5) is 16.3. The minimum Gasteiger partial charge on any atom is -0.337 e. The second kappa shape index (κ2) is 6.97. The zero-order valence-electron chi connectivity index (χ0n) is 13.3. The lowest BCUT2D eigenvalue weighted by Gasteiger charge is -2.18. The molecule has 0 radical (unpaired) electrons. The molecule has 6 nitrogen and oxygen atoms in total. The topological polar surface area (TPSA) is 83.2 Å². The molecule has 3 aromatic rings. The van der Waals surface area contributed by atoms with Gasteiger partial charge < -0.3 is 9.55 Å². The van der Waals surface area contributed by atoms with Crippen LogP contribution < -0.4 is 5.49 Å². The Morgan fingerprint density at radius 2 is 1.96 bits per heavy atom. The van der Waals surface area contributed by atoms with Gasteiger partial charge in [0.15, 0.2) is 11.1 Å². The Kier molecular flexibility index (Phi) is 4.71. The van der Waals surface area contributed by atoms with Crippen molar-refractivity contribution in [2.75, 3.05) is 11.5 Å². The maximum Gasteiger partial charge on any atom is 0.173 e. The highest BCUT2D eigenvalue weighted by molar-refractivity contribution is 7.99. The standard InChI is InChI=1S/C16H16Cl2N6S/c17-11-5-20-6-12(18)10(11)7-24-8-21-14(19)13-16(24)23-15(22-13)9-1-3-25-4-2-9/h5-6,8-9,19H,1-4,7H2,(H,22,23).